The number of hydrogen-bond acceptors (Lipinski definition) is 4. The molecule has 0 aliphatic rings. The van der Waals surface area contributed by atoms with Crippen LogP contribution in [0.3, 0.4) is 0 Å². The zero-order valence-corrected chi connectivity index (χ0v) is 16.8. The Morgan fingerprint density at radius 3 is 2.08 bits per heavy atom. The summed E-state index contributed by atoms with van der Waals surface area (Å²) in [5, 5.41) is 0. The Morgan fingerprint density at radius 2 is 1.50 bits per heavy atom. The summed E-state index contributed by atoms with van der Waals surface area (Å²) in [4.78, 5) is -0.0484. The van der Waals surface area contributed by atoms with Crippen LogP contribution in [0.2, 0.25) is 0 Å². The molecule has 7 heteroatoms. The van der Waals surface area contributed by atoms with Gasteiger partial charge in [-0.1, -0.05) is 50.2 Å². The van der Waals surface area contributed by atoms with Gasteiger partial charge >= 0.3 is 0 Å². The van der Waals surface area contributed by atoms with Crippen LogP contribution in [0.5, 0.6) is 0 Å². The van der Waals surface area contributed by atoms with Crippen molar-refractivity contribution in [1.82, 2.24) is 4.72 Å². The predicted octanol–water partition coefficient (Wildman–Crippen LogP) is 2.88. The first kappa shape index (κ1) is 20.6. The predicted molar refractivity (Wildman–Crippen MR) is 103 cm³/mol. The second-order valence-electron chi connectivity index (χ2n) is 6.79. The number of sulfonamides is 1. The average molecular weight is 396 g/mol. The maximum atomic E-state index is 12.6. The summed E-state index contributed by atoms with van der Waals surface area (Å²) in [7, 11) is -7.24. The summed E-state index contributed by atoms with van der Waals surface area (Å²) in [6, 6.07) is 15.4. The van der Waals surface area contributed by atoms with Gasteiger partial charge in [0.05, 0.1) is 9.79 Å². The molecule has 0 heterocycles. The lowest BCUT2D eigenvalue weighted by Gasteiger charge is -2.21. The molecule has 1 atom stereocenters. The Balaban J connectivity index is 2.15. The highest BCUT2D eigenvalue weighted by Gasteiger charge is 2.21. The quantitative estimate of drug-likeness (QED) is 0.745. The van der Waals surface area contributed by atoms with Gasteiger partial charge in [-0.25, -0.2) is 21.6 Å². The molecule has 0 amide bonds. The molecule has 0 saturated carbocycles. The lowest BCUT2D eigenvalue weighted by molar-refractivity contribution is 0.379. The molecule has 0 saturated heterocycles. The number of sulfone groups is 1. The summed E-state index contributed by atoms with van der Waals surface area (Å²) in [6.45, 7) is 4.41. The molecule has 0 bridgehead atoms. The van der Waals surface area contributed by atoms with E-state index in [9.17, 15) is 16.8 Å². The van der Waals surface area contributed by atoms with E-state index >= 15 is 0 Å². The molecule has 26 heavy (non-hydrogen) atoms. The molecule has 0 radical (unpaired) electrons. The fourth-order valence-electron chi connectivity index (χ4n) is 2.63. The van der Waals surface area contributed by atoms with E-state index in [0.717, 1.165) is 18.2 Å². The van der Waals surface area contributed by atoms with Crippen LogP contribution in [0.25, 0.3) is 0 Å². The fourth-order valence-corrected chi connectivity index (χ4v) is 4.51. The maximum absolute atomic E-state index is 12.6. The van der Waals surface area contributed by atoms with Gasteiger partial charge in [-0.15, -0.1) is 0 Å². The van der Waals surface area contributed by atoms with Crippen LogP contribution in [0, 0.1) is 11.8 Å². The third kappa shape index (κ3) is 5.65. The zero-order chi connectivity index (χ0) is 19.4. The minimum Gasteiger partial charge on any atom is -0.224 e. The molecular weight excluding hydrogens is 370 g/mol. The summed E-state index contributed by atoms with van der Waals surface area (Å²) >= 11 is 0. The minimum atomic E-state index is -3.78. The van der Waals surface area contributed by atoms with Gasteiger partial charge in [0, 0.05) is 12.8 Å². The maximum Gasteiger partial charge on any atom is 0.240 e. The molecule has 5 nitrogen and oxygen atoms in total. The van der Waals surface area contributed by atoms with Crippen LogP contribution in [-0.2, 0) is 26.3 Å². The van der Waals surface area contributed by atoms with Crippen LogP contribution in [-0.4, -0.2) is 29.6 Å². The first-order chi connectivity index (χ1) is 12.1. The summed E-state index contributed by atoms with van der Waals surface area (Å²) in [5.74, 6) is 0.422. The smallest absolute Gasteiger partial charge is 0.224 e. The molecule has 0 aromatic heterocycles. The van der Waals surface area contributed by atoms with E-state index in [1.54, 1.807) is 0 Å². The largest absolute Gasteiger partial charge is 0.240 e. The summed E-state index contributed by atoms with van der Waals surface area (Å²) in [6.07, 6.45) is 1.82. The third-order valence-electron chi connectivity index (χ3n) is 4.36. The van der Waals surface area contributed by atoms with Gasteiger partial charge in [0.15, 0.2) is 9.84 Å². The second-order valence-corrected chi connectivity index (χ2v) is 10.6. The fraction of sp³-hybridized carbons (Fsp3) is 0.368. The topological polar surface area (TPSA) is 80.3 Å². The average Bonchev–Trinajstić information content (AvgIpc) is 2.58. The second kappa shape index (κ2) is 8.33. The zero-order valence-electron chi connectivity index (χ0n) is 15.2. The molecule has 1 N–H and O–H groups in total. The molecule has 0 aliphatic heterocycles. The highest BCUT2D eigenvalue weighted by molar-refractivity contribution is 7.91. The summed E-state index contributed by atoms with van der Waals surface area (Å²) < 4.78 is 51.1. The van der Waals surface area contributed by atoms with E-state index < -0.39 is 19.9 Å². The van der Waals surface area contributed by atoms with Crippen LogP contribution >= 0.6 is 0 Å². The number of benzene rings is 2. The standard InChI is InChI=1S/C19H25NO4S2/c1-15(2)17(12-16-8-5-4-6-9-16)14-20-26(23,24)19-11-7-10-18(13-19)25(3,21)22/h4-11,13,15,17,20H,12,14H2,1-3H3. The van der Waals surface area contributed by atoms with Crippen molar-refractivity contribution in [3.8, 4) is 0 Å². The van der Waals surface area contributed by atoms with Gasteiger partial charge in [-0.2, -0.15) is 0 Å². The number of rotatable bonds is 8. The molecule has 0 fully saturated rings. The van der Waals surface area contributed by atoms with Crippen molar-refractivity contribution >= 4 is 19.9 Å². The van der Waals surface area contributed by atoms with Gasteiger partial charge in [-0.05, 0) is 42.0 Å². The van der Waals surface area contributed by atoms with Crippen molar-refractivity contribution in [3.63, 3.8) is 0 Å². The molecule has 2 rings (SSSR count). The van der Waals surface area contributed by atoms with Gasteiger partial charge in [0.2, 0.25) is 10.0 Å². The third-order valence-corrected chi connectivity index (χ3v) is 6.89. The lowest BCUT2D eigenvalue weighted by Crippen LogP contribution is -2.32. The first-order valence-electron chi connectivity index (χ1n) is 8.43. The van der Waals surface area contributed by atoms with Crippen LogP contribution in [0.4, 0.5) is 0 Å². The minimum absolute atomic E-state index is 0.00919. The highest BCUT2D eigenvalue weighted by Crippen LogP contribution is 2.19. The van der Waals surface area contributed by atoms with Crippen molar-refractivity contribution in [2.45, 2.75) is 30.1 Å². The van der Waals surface area contributed by atoms with E-state index in [2.05, 4.69) is 18.6 Å². The van der Waals surface area contributed by atoms with Crippen molar-refractivity contribution in [1.29, 1.82) is 0 Å². The van der Waals surface area contributed by atoms with Gasteiger partial charge in [0.25, 0.3) is 0 Å². The first-order valence-corrected chi connectivity index (χ1v) is 11.8. The lowest BCUT2D eigenvalue weighted by atomic mass is 9.89. The SMILES string of the molecule is CC(C)C(CNS(=O)(=O)c1cccc(S(C)(=O)=O)c1)Cc1ccccc1. The summed E-state index contributed by atoms with van der Waals surface area (Å²) in [5.41, 5.74) is 1.16. The van der Waals surface area contributed by atoms with E-state index in [1.165, 1.54) is 24.3 Å². The monoisotopic (exact) mass is 395 g/mol. The normalized spacial score (nSPS) is 13.7. The van der Waals surface area contributed by atoms with E-state index in [-0.39, 0.29) is 22.3 Å². The molecule has 0 aliphatic carbocycles. The van der Waals surface area contributed by atoms with E-state index in [4.69, 9.17) is 0 Å². The number of hydrogen-bond donors (Lipinski definition) is 1. The molecule has 0 spiro atoms. The van der Waals surface area contributed by atoms with Gasteiger partial charge in [-0.3, -0.25) is 0 Å². The van der Waals surface area contributed by atoms with Crippen molar-refractivity contribution in [2.75, 3.05) is 12.8 Å². The van der Waals surface area contributed by atoms with Crippen molar-refractivity contribution < 1.29 is 16.8 Å². The van der Waals surface area contributed by atoms with Crippen LogP contribution in [0.1, 0.15) is 19.4 Å². The van der Waals surface area contributed by atoms with Crippen molar-refractivity contribution in [2.24, 2.45) is 11.8 Å². The van der Waals surface area contributed by atoms with Gasteiger partial charge < -0.3 is 0 Å². The molecule has 142 valence electrons. The highest BCUT2D eigenvalue weighted by atomic mass is 32.2. The molecule has 2 aromatic rings. The van der Waals surface area contributed by atoms with E-state index in [1.807, 2.05) is 30.3 Å². The Hall–Kier alpha value is -1.70. The molecule has 2 aromatic carbocycles. The van der Waals surface area contributed by atoms with Crippen LogP contribution < -0.4 is 4.72 Å². The van der Waals surface area contributed by atoms with Crippen molar-refractivity contribution in [3.05, 3.63) is 60.2 Å². The van der Waals surface area contributed by atoms with E-state index in [0.29, 0.717) is 5.92 Å². The Labute approximate surface area is 156 Å². The Morgan fingerprint density at radius 1 is 0.885 bits per heavy atom. The number of nitrogens with one attached hydrogen (secondary N) is 1. The molecule has 1 unspecified atom stereocenters. The Bertz CT molecular complexity index is 937. The molecular formula is C19H25NO4S2. The van der Waals surface area contributed by atoms with Crippen LogP contribution in [0.15, 0.2) is 64.4 Å². The Kier molecular flexibility index (Phi) is 6.60. The van der Waals surface area contributed by atoms with Gasteiger partial charge in [0.1, 0.15) is 0 Å².